The fraction of sp³-hybridized carbons (Fsp3) is 0.833. The van der Waals surface area contributed by atoms with Crippen LogP contribution in [0.2, 0.25) is 0 Å². The number of ether oxygens (including phenoxy) is 1. The quantitative estimate of drug-likeness (QED) is 0.576. The molecule has 0 saturated carbocycles. The lowest BCUT2D eigenvalue weighted by molar-refractivity contribution is -0.335. The van der Waals surface area contributed by atoms with Crippen molar-refractivity contribution in [3.8, 4) is 0 Å². The van der Waals surface area contributed by atoms with E-state index in [0.717, 1.165) is 0 Å². The van der Waals surface area contributed by atoms with Crippen LogP contribution in [0.15, 0.2) is 0 Å². The van der Waals surface area contributed by atoms with Crippen LogP contribution in [0.3, 0.4) is 0 Å². The summed E-state index contributed by atoms with van der Waals surface area (Å²) < 4.78 is 122. The van der Waals surface area contributed by atoms with E-state index in [1.165, 1.54) is 0 Å². The summed E-state index contributed by atoms with van der Waals surface area (Å²) in [5.41, 5.74) is 0. The van der Waals surface area contributed by atoms with Gasteiger partial charge in [-0.05, 0) is 0 Å². The highest BCUT2D eigenvalue weighted by molar-refractivity contribution is 5.79. The molecule has 0 unspecified atom stereocenters. The third-order valence-corrected chi connectivity index (χ3v) is 1.54. The number of carbonyl (C=O) groups excluding carboxylic acids is 1. The molecular weight excluding hydrogens is 294 g/mol. The van der Waals surface area contributed by atoms with E-state index >= 15 is 0 Å². The average Bonchev–Trinajstić information content (AvgIpc) is 2.15. The van der Waals surface area contributed by atoms with Gasteiger partial charge in [0, 0.05) is 0 Å². The molecule has 0 aliphatic carbocycles. The SMILES string of the molecule is O=C(OC(F)F)C(F)(F)C(F)(F)C(F)(F)C(F)F. The van der Waals surface area contributed by atoms with Crippen molar-refractivity contribution in [2.45, 2.75) is 30.8 Å². The maximum Gasteiger partial charge on any atom is 0.411 e. The summed E-state index contributed by atoms with van der Waals surface area (Å²) in [4.78, 5) is 10.1. The molecule has 12 heteroatoms. The second kappa shape index (κ2) is 4.80. The van der Waals surface area contributed by atoms with Crippen molar-refractivity contribution in [3.05, 3.63) is 0 Å². The van der Waals surface area contributed by atoms with Gasteiger partial charge in [0.1, 0.15) is 0 Å². The van der Waals surface area contributed by atoms with Gasteiger partial charge in [0.15, 0.2) is 0 Å². The van der Waals surface area contributed by atoms with Crippen LogP contribution in [0, 0.1) is 0 Å². The van der Waals surface area contributed by atoms with Gasteiger partial charge in [0.25, 0.3) is 0 Å². The van der Waals surface area contributed by atoms with Crippen LogP contribution in [0.4, 0.5) is 43.9 Å². The number of hydrogen-bond acceptors (Lipinski definition) is 2. The molecule has 0 atom stereocenters. The van der Waals surface area contributed by atoms with Crippen molar-refractivity contribution in [3.63, 3.8) is 0 Å². The van der Waals surface area contributed by atoms with Gasteiger partial charge in [-0.15, -0.1) is 0 Å². The number of halogens is 10. The Kier molecular flexibility index (Phi) is 4.47. The van der Waals surface area contributed by atoms with Gasteiger partial charge in [-0.1, -0.05) is 0 Å². The summed E-state index contributed by atoms with van der Waals surface area (Å²) in [6.07, 6.45) is -5.25. The zero-order chi connectivity index (χ0) is 14.9. The van der Waals surface area contributed by atoms with Gasteiger partial charge in [0.05, 0.1) is 0 Å². The van der Waals surface area contributed by atoms with Crippen LogP contribution < -0.4 is 0 Å². The van der Waals surface area contributed by atoms with Gasteiger partial charge in [0.2, 0.25) is 0 Å². The molecule has 0 N–H and O–H groups in total. The van der Waals surface area contributed by atoms with E-state index < -0.39 is 36.8 Å². The minimum absolute atomic E-state index is 2.30. The molecule has 0 radical (unpaired) electrons. The van der Waals surface area contributed by atoms with E-state index in [0.29, 0.717) is 0 Å². The topological polar surface area (TPSA) is 26.3 Å². The summed E-state index contributed by atoms with van der Waals surface area (Å²) in [6.45, 7) is -4.31. The Balaban J connectivity index is 5.38. The predicted molar refractivity (Wildman–Crippen MR) is 32.9 cm³/mol. The molecule has 0 aromatic heterocycles. The second-order valence-corrected chi connectivity index (χ2v) is 2.74. The third-order valence-electron chi connectivity index (χ3n) is 1.54. The standard InChI is InChI=1S/C6H2F10O2/c7-1(8)4(11,12)6(15,16)5(13,14)2(17)18-3(9)10/h1,3H. The van der Waals surface area contributed by atoms with Crippen molar-refractivity contribution >= 4 is 5.97 Å². The van der Waals surface area contributed by atoms with E-state index in [1.807, 2.05) is 0 Å². The molecule has 0 saturated heterocycles. The van der Waals surface area contributed by atoms with Crippen LogP contribution in [0.5, 0.6) is 0 Å². The summed E-state index contributed by atoms with van der Waals surface area (Å²) in [7, 11) is 0. The first kappa shape index (κ1) is 16.8. The molecule has 0 aliphatic rings. The van der Waals surface area contributed by atoms with Gasteiger partial charge in [-0.25, -0.2) is 13.6 Å². The van der Waals surface area contributed by atoms with Crippen molar-refractivity contribution in [2.24, 2.45) is 0 Å². The lowest BCUT2D eigenvalue weighted by atomic mass is 10.1. The first-order valence-corrected chi connectivity index (χ1v) is 3.69. The first-order chi connectivity index (χ1) is 7.78. The van der Waals surface area contributed by atoms with Crippen molar-refractivity contribution in [1.29, 1.82) is 0 Å². The fourth-order valence-electron chi connectivity index (χ4n) is 0.629. The lowest BCUT2D eigenvalue weighted by Crippen LogP contribution is -2.61. The van der Waals surface area contributed by atoms with Crippen LogP contribution >= 0.6 is 0 Å². The molecule has 108 valence electrons. The Morgan fingerprint density at radius 2 is 1.28 bits per heavy atom. The van der Waals surface area contributed by atoms with Crippen LogP contribution in [0.1, 0.15) is 0 Å². The molecule has 0 bridgehead atoms. The molecule has 2 nitrogen and oxygen atoms in total. The lowest BCUT2D eigenvalue weighted by Gasteiger charge is -2.30. The molecule has 0 aliphatic heterocycles. The number of rotatable bonds is 5. The summed E-state index contributed by atoms with van der Waals surface area (Å²) in [6, 6.07) is 0. The number of carbonyl (C=O) groups is 1. The largest absolute Gasteiger partial charge is 0.411 e. The molecule has 18 heavy (non-hydrogen) atoms. The summed E-state index contributed by atoms with van der Waals surface area (Å²) in [5.74, 6) is -23.8. The van der Waals surface area contributed by atoms with E-state index in [-0.39, 0.29) is 0 Å². The van der Waals surface area contributed by atoms with Gasteiger partial charge < -0.3 is 4.74 Å². The zero-order valence-electron chi connectivity index (χ0n) is 7.75. The van der Waals surface area contributed by atoms with E-state index in [4.69, 9.17) is 0 Å². The van der Waals surface area contributed by atoms with Crippen molar-refractivity contribution in [1.82, 2.24) is 0 Å². The maximum absolute atomic E-state index is 12.4. The monoisotopic (exact) mass is 296 g/mol. The third kappa shape index (κ3) is 2.61. The van der Waals surface area contributed by atoms with Gasteiger partial charge in [-0.3, -0.25) is 0 Å². The van der Waals surface area contributed by atoms with Crippen LogP contribution in [-0.2, 0) is 9.53 Å². The highest BCUT2D eigenvalue weighted by Crippen LogP contribution is 2.49. The van der Waals surface area contributed by atoms with Crippen LogP contribution in [-0.4, -0.2) is 36.8 Å². The Labute approximate surface area is 91.5 Å². The Morgan fingerprint density at radius 1 is 0.889 bits per heavy atom. The van der Waals surface area contributed by atoms with E-state index in [1.54, 1.807) is 0 Å². The van der Waals surface area contributed by atoms with Crippen LogP contribution in [0.25, 0.3) is 0 Å². The Bertz CT molecular complexity index is 311. The zero-order valence-corrected chi connectivity index (χ0v) is 7.75. The summed E-state index contributed by atoms with van der Waals surface area (Å²) in [5, 5.41) is 0. The Hall–Kier alpha value is -1.23. The van der Waals surface area contributed by atoms with Crippen molar-refractivity contribution < 1.29 is 53.4 Å². The van der Waals surface area contributed by atoms with Gasteiger partial charge in [-0.2, -0.15) is 35.1 Å². The Morgan fingerprint density at radius 3 is 1.56 bits per heavy atom. The maximum atomic E-state index is 12.4. The molecule has 0 aromatic rings. The van der Waals surface area contributed by atoms with Crippen molar-refractivity contribution in [2.75, 3.05) is 0 Å². The molecule has 0 amide bonds. The minimum atomic E-state index is -6.90. The van der Waals surface area contributed by atoms with E-state index in [9.17, 15) is 48.7 Å². The normalized spacial score (nSPS) is 14.2. The second-order valence-electron chi connectivity index (χ2n) is 2.74. The highest BCUT2D eigenvalue weighted by atomic mass is 19.4. The number of alkyl halides is 10. The first-order valence-electron chi connectivity index (χ1n) is 3.69. The smallest absolute Gasteiger partial charge is 0.398 e. The number of esters is 1. The van der Waals surface area contributed by atoms with E-state index in [2.05, 4.69) is 4.74 Å². The molecule has 0 rings (SSSR count). The summed E-state index contributed by atoms with van der Waals surface area (Å²) >= 11 is 0. The molecular formula is C6H2F10O2. The molecule has 0 heterocycles. The number of hydrogen-bond donors (Lipinski definition) is 0. The average molecular weight is 296 g/mol. The highest BCUT2D eigenvalue weighted by Gasteiger charge is 2.79. The molecule has 0 aromatic carbocycles. The molecule has 0 fully saturated rings. The predicted octanol–water partition coefficient (Wildman–Crippen LogP) is 2.92. The minimum Gasteiger partial charge on any atom is -0.398 e. The van der Waals surface area contributed by atoms with Gasteiger partial charge >= 0.3 is 36.8 Å². The fourth-order valence-corrected chi connectivity index (χ4v) is 0.629. The molecule has 0 spiro atoms.